The van der Waals surface area contributed by atoms with E-state index in [-0.39, 0.29) is 0 Å². The van der Waals surface area contributed by atoms with E-state index in [1.807, 2.05) is 0 Å². The van der Waals surface area contributed by atoms with Crippen molar-refractivity contribution >= 4 is 0 Å². The Morgan fingerprint density at radius 3 is 1.27 bits per heavy atom. The number of aliphatic hydroxyl groups is 2. The van der Waals surface area contributed by atoms with Crippen LogP contribution in [0.1, 0.15) is 80.1 Å². The Balaban J connectivity index is 0.000000220. The highest BCUT2D eigenvalue weighted by Gasteiger charge is 2.32. The third-order valence-electron chi connectivity index (χ3n) is 5.66. The first-order valence-corrected chi connectivity index (χ1v) is 8.85. The molecule has 0 bridgehead atoms. The van der Waals surface area contributed by atoms with Crippen LogP contribution in [0, 0.1) is 11.8 Å². The predicted octanol–water partition coefficient (Wildman–Crippen LogP) is 5.01. The summed E-state index contributed by atoms with van der Waals surface area (Å²) in [4.78, 5) is 0. The van der Waals surface area contributed by atoms with Crippen LogP contribution in [-0.2, 0) is 0 Å². The fraction of sp³-hybridized carbons (Fsp3) is 0.800. The first-order valence-electron chi connectivity index (χ1n) is 8.85. The molecule has 0 aliphatic heterocycles. The molecule has 128 valence electrons. The summed E-state index contributed by atoms with van der Waals surface area (Å²) in [5, 5.41) is 20.0. The third-order valence-corrected chi connectivity index (χ3v) is 5.66. The van der Waals surface area contributed by atoms with Crippen molar-refractivity contribution in [3.05, 3.63) is 23.3 Å². The molecule has 2 heteroatoms. The Labute approximate surface area is 137 Å². The molecule has 2 rings (SSSR count). The topological polar surface area (TPSA) is 40.5 Å². The van der Waals surface area contributed by atoms with Crippen LogP contribution in [0.5, 0.6) is 0 Å². The van der Waals surface area contributed by atoms with Crippen molar-refractivity contribution in [2.24, 2.45) is 11.8 Å². The van der Waals surface area contributed by atoms with E-state index in [0.29, 0.717) is 11.8 Å². The van der Waals surface area contributed by atoms with Crippen LogP contribution >= 0.6 is 0 Å². The zero-order valence-corrected chi connectivity index (χ0v) is 15.4. The summed E-state index contributed by atoms with van der Waals surface area (Å²) in [6.07, 6.45) is 10.0. The van der Waals surface area contributed by atoms with Crippen molar-refractivity contribution in [3.8, 4) is 0 Å². The average Bonchev–Trinajstić information content (AvgIpc) is 2.46. The van der Waals surface area contributed by atoms with Gasteiger partial charge in [0.2, 0.25) is 0 Å². The molecule has 0 spiro atoms. The third kappa shape index (κ3) is 5.24. The second-order valence-electron chi connectivity index (χ2n) is 8.03. The quantitative estimate of drug-likeness (QED) is 0.704. The predicted molar refractivity (Wildman–Crippen MR) is 94.8 cm³/mol. The number of rotatable bonds is 2. The smallest absolute Gasteiger partial charge is 0.0707 e. The second kappa shape index (κ2) is 7.79. The highest BCUT2D eigenvalue weighted by molar-refractivity contribution is 5.09. The Hall–Kier alpha value is -0.600. The van der Waals surface area contributed by atoms with Crippen LogP contribution in [0.4, 0.5) is 0 Å². The van der Waals surface area contributed by atoms with E-state index in [0.717, 1.165) is 38.5 Å². The lowest BCUT2D eigenvalue weighted by Crippen LogP contribution is -2.36. The average molecular weight is 309 g/mol. The molecule has 2 N–H and O–H groups in total. The molecule has 0 aromatic heterocycles. The summed E-state index contributed by atoms with van der Waals surface area (Å²) in [6.45, 7) is 12.6. The van der Waals surface area contributed by atoms with Gasteiger partial charge in [-0.05, 0) is 64.2 Å². The Bertz CT molecular complexity index is 379. The van der Waals surface area contributed by atoms with Crippen molar-refractivity contribution in [1.29, 1.82) is 0 Å². The highest BCUT2D eigenvalue weighted by atomic mass is 16.3. The summed E-state index contributed by atoms with van der Waals surface area (Å²) in [6, 6.07) is 0. The maximum atomic E-state index is 10.0. The fourth-order valence-electron chi connectivity index (χ4n) is 2.99. The van der Waals surface area contributed by atoms with Crippen molar-refractivity contribution in [1.82, 2.24) is 0 Å². The van der Waals surface area contributed by atoms with Gasteiger partial charge in [-0.25, -0.2) is 0 Å². The van der Waals surface area contributed by atoms with Crippen molar-refractivity contribution < 1.29 is 10.2 Å². The minimum atomic E-state index is -0.417. The van der Waals surface area contributed by atoms with Gasteiger partial charge in [0.15, 0.2) is 0 Å². The lowest BCUT2D eigenvalue weighted by Gasteiger charge is -2.34. The SMILES string of the molecule is CC1=CCC(O)(C(C)C)CC1.CC1=CCC(O)(C(C)C)CC1. The Kier molecular flexibility index (Phi) is 6.88. The van der Waals surface area contributed by atoms with Crippen LogP contribution in [0.3, 0.4) is 0 Å². The molecule has 0 aromatic rings. The van der Waals surface area contributed by atoms with Crippen LogP contribution in [0.25, 0.3) is 0 Å². The molecule has 0 saturated heterocycles. The van der Waals surface area contributed by atoms with Gasteiger partial charge in [0.05, 0.1) is 11.2 Å². The first kappa shape index (κ1) is 19.4. The van der Waals surface area contributed by atoms with Gasteiger partial charge in [0.1, 0.15) is 0 Å². The summed E-state index contributed by atoms with van der Waals surface area (Å²) < 4.78 is 0. The van der Waals surface area contributed by atoms with Gasteiger partial charge in [-0.2, -0.15) is 0 Å². The van der Waals surface area contributed by atoms with E-state index in [1.54, 1.807) is 0 Å². The molecule has 2 aliphatic carbocycles. The lowest BCUT2D eigenvalue weighted by molar-refractivity contribution is -0.0143. The largest absolute Gasteiger partial charge is 0.389 e. The molecule has 0 amide bonds. The van der Waals surface area contributed by atoms with E-state index >= 15 is 0 Å². The van der Waals surface area contributed by atoms with Crippen molar-refractivity contribution in [3.63, 3.8) is 0 Å². The normalized spacial score (nSPS) is 32.3. The number of hydrogen-bond donors (Lipinski definition) is 2. The van der Waals surface area contributed by atoms with Gasteiger partial charge in [0.25, 0.3) is 0 Å². The van der Waals surface area contributed by atoms with Gasteiger partial charge >= 0.3 is 0 Å². The van der Waals surface area contributed by atoms with Crippen LogP contribution in [0.15, 0.2) is 23.3 Å². The van der Waals surface area contributed by atoms with Gasteiger partial charge in [-0.3, -0.25) is 0 Å². The first-order chi connectivity index (χ1) is 10.1. The molecule has 2 nitrogen and oxygen atoms in total. The zero-order valence-electron chi connectivity index (χ0n) is 15.4. The van der Waals surface area contributed by atoms with Crippen LogP contribution < -0.4 is 0 Å². The van der Waals surface area contributed by atoms with Crippen LogP contribution in [-0.4, -0.2) is 21.4 Å². The second-order valence-corrected chi connectivity index (χ2v) is 8.03. The molecule has 0 saturated carbocycles. The molecular formula is C20H36O2. The van der Waals surface area contributed by atoms with E-state index in [2.05, 4.69) is 53.7 Å². The Morgan fingerprint density at radius 1 is 0.773 bits per heavy atom. The molecule has 22 heavy (non-hydrogen) atoms. The molecule has 2 atom stereocenters. The van der Waals surface area contributed by atoms with E-state index in [4.69, 9.17) is 0 Å². The molecule has 0 fully saturated rings. The monoisotopic (exact) mass is 308 g/mol. The summed E-state index contributed by atoms with van der Waals surface area (Å²) >= 11 is 0. The fourth-order valence-corrected chi connectivity index (χ4v) is 2.99. The van der Waals surface area contributed by atoms with Gasteiger partial charge in [-0.15, -0.1) is 0 Å². The van der Waals surface area contributed by atoms with Gasteiger partial charge < -0.3 is 10.2 Å². The summed E-state index contributed by atoms with van der Waals surface area (Å²) in [5.74, 6) is 0.763. The molecular weight excluding hydrogens is 272 g/mol. The van der Waals surface area contributed by atoms with Crippen molar-refractivity contribution in [2.45, 2.75) is 91.3 Å². The van der Waals surface area contributed by atoms with Gasteiger partial charge in [-0.1, -0.05) is 51.0 Å². The number of hydrogen-bond acceptors (Lipinski definition) is 2. The summed E-state index contributed by atoms with van der Waals surface area (Å²) in [5.41, 5.74) is 2.02. The lowest BCUT2D eigenvalue weighted by atomic mass is 9.78. The van der Waals surface area contributed by atoms with Crippen molar-refractivity contribution in [2.75, 3.05) is 0 Å². The molecule has 0 heterocycles. The van der Waals surface area contributed by atoms with E-state index < -0.39 is 11.2 Å². The van der Waals surface area contributed by atoms with E-state index in [1.165, 1.54) is 11.1 Å². The minimum Gasteiger partial charge on any atom is -0.389 e. The maximum Gasteiger partial charge on any atom is 0.0707 e. The van der Waals surface area contributed by atoms with Crippen LogP contribution in [0.2, 0.25) is 0 Å². The minimum absolute atomic E-state index is 0.381. The van der Waals surface area contributed by atoms with E-state index in [9.17, 15) is 10.2 Å². The summed E-state index contributed by atoms with van der Waals surface area (Å²) in [7, 11) is 0. The molecule has 0 aromatic carbocycles. The molecule has 2 unspecified atom stereocenters. The standard InChI is InChI=1S/2C10H18O/c2*1-8(2)10(11)6-4-9(3)5-7-10/h2*4,8,11H,5-7H2,1-3H3. The zero-order chi connectivity index (χ0) is 17.0. The molecule has 2 aliphatic rings. The highest BCUT2D eigenvalue weighted by Crippen LogP contribution is 2.33. The molecule has 0 radical (unpaired) electrons. The van der Waals surface area contributed by atoms with Gasteiger partial charge in [0, 0.05) is 0 Å². The number of allylic oxidation sites excluding steroid dienone is 2. The maximum absolute atomic E-state index is 10.0. The Morgan fingerprint density at radius 2 is 1.09 bits per heavy atom.